The van der Waals surface area contributed by atoms with E-state index in [2.05, 4.69) is 0 Å². The van der Waals surface area contributed by atoms with Gasteiger partial charge in [0.1, 0.15) is 0 Å². The molecule has 0 aromatic heterocycles. The fourth-order valence-corrected chi connectivity index (χ4v) is 3.94. The van der Waals surface area contributed by atoms with E-state index >= 15 is 0 Å². The molecule has 1 aliphatic carbocycles. The Morgan fingerprint density at radius 3 is 2.21 bits per heavy atom. The van der Waals surface area contributed by atoms with Gasteiger partial charge in [0, 0.05) is 37.1 Å². The molecule has 0 atom stereocenters. The molecule has 130 valence electrons. The molecule has 24 heavy (non-hydrogen) atoms. The molecule has 4 nitrogen and oxygen atoms in total. The quantitative estimate of drug-likeness (QED) is 0.794. The Balaban J connectivity index is 1.59. The fraction of sp³-hybridized carbons (Fsp3) is 0.556. The van der Waals surface area contributed by atoms with Gasteiger partial charge in [-0.25, -0.2) is 0 Å². The molecule has 1 saturated carbocycles. The number of piperazine rings is 1. The van der Waals surface area contributed by atoms with Crippen molar-refractivity contribution in [3.8, 4) is 0 Å². The smallest absolute Gasteiger partial charge is 0.255 e. The Morgan fingerprint density at radius 1 is 0.917 bits per heavy atom. The van der Waals surface area contributed by atoms with Crippen LogP contribution in [-0.2, 0) is 4.79 Å². The van der Waals surface area contributed by atoms with Crippen LogP contribution in [0.3, 0.4) is 0 Å². The van der Waals surface area contributed by atoms with Crippen molar-refractivity contribution in [2.45, 2.75) is 32.1 Å². The first-order valence-corrected chi connectivity index (χ1v) is 9.35. The lowest BCUT2D eigenvalue weighted by Gasteiger charge is -2.37. The van der Waals surface area contributed by atoms with Crippen LogP contribution < -0.4 is 0 Å². The number of hydrogen-bond acceptors (Lipinski definition) is 2. The van der Waals surface area contributed by atoms with Gasteiger partial charge in [-0.15, -0.1) is 0 Å². The van der Waals surface area contributed by atoms with Crippen molar-refractivity contribution in [1.82, 2.24) is 9.80 Å². The first kappa shape index (κ1) is 17.6. The number of halogens is 2. The molecule has 0 spiro atoms. The van der Waals surface area contributed by atoms with Crippen LogP contribution in [0.5, 0.6) is 0 Å². The summed E-state index contributed by atoms with van der Waals surface area (Å²) in [6.07, 6.45) is 5.57. The van der Waals surface area contributed by atoms with E-state index in [1.807, 2.05) is 4.90 Å². The summed E-state index contributed by atoms with van der Waals surface area (Å²) in [6.45, 7) is 2.28. The highest BCUT2D eigenvalue weighted by Gasteiger charge is 2.30. The Morgan fingerprint density at radius 2 is 1.54 bits per heavy atom. The van der Waals surface area contributed by atoms with Crippen LogP contribution >= 0.6 is 23.2 Å². The summed E-state index contributed by atoms with van der Waals surface area (Å²) >= 11 is 12.1. The summed E-state index contributed by atoms with van der Waals surface area (Å²) in [7, 11) is 0. The van der Waals surface area contributed by atoms with Crippen molar-refractivity contribution in [1.29, 1.82) is 0 Å². The number of carbonyl (C=O) groups is 2. The maximum absolute atomic E-state index is 12.6. The minimum absolute atomic E-state index is 0.118. The van der Waals surface area contributed by atoms with E-state index in [0.29, 0.717) is 41.8 Å². The number of rotatable bonds is 2. The maximum atomic E-state index is 12.6. The average molecular weight is 369 g/mol. The lowest BCUT2D eigenvalue weighted by atomic mass is 9.88. The molecule has 0 unspecified atom stereocenters. The molecular formula is C18H22Cl2N2O2. The Bertz CT molecular complexity index is 621. The van der Waals surface area contributed by atoms with E-state index in [9.17, 15) is 9.59 Å². The SMILES string of the molecule is O=C(c1cc(Cl)ccc1Cl)N1CCN(C(=O)C2CCCCC2)CC1. The zero-order valence-electron chi connectivity index (χ0n) is 13.6. The van der Waals surface area contributed by atoms with Crippen molar-refractivity contribution in [3.05, 3.63) is 33.8 Å². The summed E-state index contributed by atoms with van der Waals surface area (Å²) in [5, 5.41) is 0.902. The Labute approximate surface area is 152 Å². The third kappa shape index (κ3) is 3.86. The highest BCUT2D eigenvalue weighted by Crippen LogP contribution is 2.26. The summed E-state index contributed by atoms with van der Waals surface area (Å²) in [4.78, 5) is 28.9. The molecule has 0 N–H and O–H groups in total. The monoisotopic (exact) mass is 368 g/mol. The summed E-state index contributed by atoms with van der Waals surface area (Å²) in [5.74, 6) is 0.332. The number of amides is 2. The lowest BCUT2D eigenvalue weighted by Crippen LogP contribution is -2.52. The van der Waals surface area contributed by atoms with E-state index in [0.717, 1.165) is 25.7 Å². The molecule has 1 aliphatic heterocycles. The zero-order chi connectivity index (χ0) is 17.1. The van der Waals surface area contributed by atoms with Crippen LogP contribution in [0.4, 0.5) is 0 Å². The molecule has 2 aliphatic rings. The number of benzene rings is 1. The largest absolute Gasteiger partial charge is 0.339 e. The van der Waals surface area contributed by atoms with Gasteiger partial charge in [-0.3, -0.25) is 9.59 Å². The first-order valence-electron chi connectivity index (χ1n) is 8.59. The molecule has 6 heteroatoms. The van der Waals surface area contributed by atoms with Crippen LogP contribution in [0, 0.1) is 5.92 Å². The Hall–Kier alpha value is -1.26. The second kappa shape index (κ2) is 7.75. The normalized spacial score (nSPS) is 19.4. The van der Waals surface area contributed by atoms with Crippen LogP contribution in [-0.4, -0.2) is 47.8 Å². The van der Waals surface area contributed by atoms with Crippen molar-refractivity contribution < 1.29 is 9.59 Å². The molecule has 1 heterocycles. The van der Waals surface area contributed by atoms with Gasteiger partial charge in [0.15, 0.2) is 0 Å². The molecule has 0 bridgehead atoms. The fourth-order valence-electron chi connectivity index (χ4n) is 3.57. The molecule has 1 saturated heterocycles. The van der Waals surface area contributed by atoms with E-state index < -0.39 is 0 Å². The molecule has 1 aromatic carbocycles. The van der Waals surface area contributed by atoms with Gasteiger partial charge in [0.25, 0.3) is 5.91 Å². The number of hydrogen-bond donors (Lipinski definition) is 0. The van der Waals surface area contributed by atoms with Crippen molar-refractivity contribution in [2.75, 3.05) is 26.2 Å². The second-order valence-electron chi connectivity index (χ2n) is 6.58. The van der Waals surface area contributed by atoms with Gasteiger partial charge < -0.3 is 9.80 Å². The summed E-state index contributed by atoms with van der Waals surface area (Å²) < 4.78 is 0. The molecular weight excluding hydrogens is 347 g/mol. The zero-order valence-corrected chi connectivity index (χ0v) is 15.2. The predicted molar refractivity (Wildman–Crippen MR) is 95.5 cm³/mol. The lowest BCUT2D eigenvalue weighted by molar-refractivity contribution is -0.138. The molecule has 3 rings (SSSR count). The highest BCUT2D eigenvalue weighted by molar-refractivity contribution is 6.35. The van der Waals surface area contributed by atoms with Gasteiger partial charge in [0.05, 0.1) is 10.6 Å². The average Bonchev–Trinajstić information content (AvgIpc) is 2.63. The van der Waals surface area contributed by atoms with Crippen molar-refractivity contribution in [2.24, 2.45) is 5.92 Å². The van der Waals surface area contributed by atoms with E-state index in [4.69, 9.17) is 23.2 Å². The third-order valence-corrected chi connectivity index (χ3v) is 5.56. The van der Waals surface area contributed by atoms with Gasteiger partial charge in [0.2, 0.25) is 5.91 Å². The van der Waals surface area contributed by atoms with Gasteiger partial charge >= 0.3 is 0 Å². The van der Waals surface area contributed by atoms with Gasteiger partial charge in [-0.05, 0) is 31.0 Å². The van der Waals surface area contributed by atoms with E-state index in [1.54, 1.807) is 23.1 Å². The molecule has 2 amide bonds. The van der Waals surface area contributed by atoms with Gasteiger partial charge in [-0.1, -0.05) is 42.5 Å². The summed E-state index contributed by atoms with van der Waals surface area (Å²) in [6, 6.07) is 4.91. The molecule has 2 fully saturated rings. The van der Waals surface area contributed by atoms with E-state index in [1.165, 1.54) is 6.42 Å². The second-order valence-corrected chi connectivity index (χ2v) is 7.42. The van der Waals surface area contributed by atoms with Crippen molar-refractivity contribution in [3.63, 3.8) is 0 Å². The molecule has 1 aromatic rings. The van der Waals surface area contributed by atoms with Crippen LogP contribution in [0.2, 0.25) is 10.0 Å². The predicted octanol–water partition coefficient (Wildman–Crippen LogP) is 3.86. The number of nitrogens with zero attached hydrogens (tertiary/aromatic N) is 2. The highest BCUT2D eigenvalue weighted by atomic mass is 35.5. The number of carbonyl (C=O) groups excluding carboxylic acids is 2. The minimum Gasteiger partial charge on any atom is -0.339 e. The summed E-state index contributed by atoms with van der Waals surface area (Å²) in [5.41, 5.74) is 0.427. The third-order valence-electron chi connectivity index (χ3n) is 4.99. The van der Waals surface area contributed by atoms with Crippen LogP contribution in [0.1, 0.15) is 42.5 Å². The first-order chi connectivity index (χ1) is 11.6. The van der Waals surface area contributed by atoms with Gasteiger partial charge in [-0.2, -0.15) is 0 Å². The Kier molecular flexibility index (Phi) is 5.67. The van der Waals surface area contributed by atoms with Crippen LogP contribution in [0.25, 0.3) is 0 Å². The topological polar surface area (TPSA) is 40.6 Å². The molecule has 0 radical (unpaired) electrons. The van der Waals surface area contributed by atoms with E-state index in [-0.39, 0.29) is 17.7 Å². The van der Waals surface area contributed by atoms with Crippen LogP contribution in [0.15, 0.2) is 18.2 Å². The van der Waals surface area contributed by atoms with Crippen molar-refractivity contribution >= 4 is 35.0 Å². The standard InChI is InChI=1S/C18H22Cl2N2O2/c19-14-6-7-16(20)15(12-14)18(24)22-10-8-21(9-11-22)17(23)13-4-2-1-3-5-13/h6-7,12-13H,1-5,8-11H2. The minimum atomic E-state index is -0.118. The maximum Gasteiger partial charge on any atom is 0.255 e.